The van der Waals surface area contributed by atoms with Gasteiger partial charge in [-0.05, 0) is 87.5 Å². The number of para-hydroxylation sites is 2. The third-order valence-electron chi connectivity index (χ3n) is 12.5. The minimum atomic E-state index is -0.306. The average molecular weight is 812 g/mol. The normalized spacial score (nSPS) is 12.7. The van der Waals surface area contributed by atoms with Gasteiger partial charge >= 0.3 is 0 Å². The van der Waals surface area contributed by atoms with Gasteiger partial charge in [0, 0.05) is 56.3 Å². The first-order valence-corrected chi connectivity index (χ1v) is 21.6. The Kier molecular flexibility index (Phi) is 8.90. The van der Waals surface area contributed by atoms with E-state index in [0.29, 0.717) is 11.3 Å². The van der Waals surface area contributed by atoms with Gasteiger partial charge in [-0.3, -0.25) is 13.7 Å². The Morgan fingerprint density at radius 2 is 1.11 bits per heavy atom. The third kappa shape index (κ3) is 6.39. The molecule has 6 nitrogen and oxygen atoms in total. The zero-order valence-corrected chi connectivity index (χ0v) is 37.1. The van der Waals surface area contributed by atoms with Crippen molar-refractivity contribution < 1.29 is 5.11 Å². The van der Waals surface area contributed by atoms with Crippen LogP contribution in [-0.2, 0) is 16.2 Å². The van der Waals surface area contributed by atoms with Gasteiger partial charge in [0.2, 0.25) is 5.95 Å². The molecule has 10 rings (SSSR count). The van der Waals surface area contributed by atoms with Crippen LogP contribution >= 0.6 is 0 Å². The van der Waals surface area contributed by atoms with E-state index >= 15 is 0 Å². The molecule has 1 N–H and O–H groups in total. The molecule has 0 saturated carbocycles. The first kappa shape index (κ1) is 39.2. The molecule has 0 aliphatic rings. The van der Waals surface area contributed by atoms with Crippen LogP contribution in [0.1, 0.15) is 79.0 Å². The highest BCUT2D eigenvalue weighted by Crippen LogP contribution is 2.44. The van der Waals surface area contributed by atoms with Crippen LogP contribution in [0.15, 0.2) is 152 Å². The SMILES string of the molecule is CC(C)(C)c1ccc(-n2cc(-c3cc(C(C)(C)C)cc(C(C)(C)C)c3O)nc2-n2c3ccccc3c3ccc(-n4c5ccccc5c5cccnc54)cc32)c(-c2ccccc2)c1. The lowest BCUT2D eigenvalue weighted by Crippen LogP contribution is -2.17. The van der Waals surface area contributed by atoms with Gasteiger partial charge in [0.05, 0.1) is 27.9 Å². The van der Waals surface area contributed by atoms with Gasteiger partial charge in [-0.1, -0.05) is 147 Å². The lowest BCUT2D eigenvalue weighted by molar-refractivity contribution is 0.446. The van der Waals surface area contributed by atoms with E-state index in [0.717, 1.165) is 83.3 Å². The highest BCUT2D eigenvalue weighted by Gasteiger charge is 2.29. The summed E-state index contributed by atoms with van der Waals surface area (Å²) in [6, 6.07) is 49.8. The van der Waals surface area contributed by atoms with E-state index in [9.17, 15) is 5.11 Å². The maximum absolute atomic E-state index is 12.3. The molecular formula is C56H53N5O. The molecule has 4 aromatic heterocycles. The Morgan fingerprint density at radius 3 is 1.81 bits per heavy atom. The van der Waals surface area contributed by atoms with Crippen LogP contribution < -0.4 is 0 Å². The summed E-state index contributed by atoms with van der Waals surface area (Å²) in [7, 11) is 0. The molecule has 0 bridgehead atoms. The van der Waals surface area contributed by atoms with Crippen LogP contribution in [0, 0.1) is 0 Å². The van der Waals surface area contributed by atoms with Crippen molar-refractivity contribution in [3.8, 4) is 45.5 Å². The van der Waals surface area contributed by atoms with Crippen LogP contribution in [0.4, 0.5) is 0 Å². The number of benzene rings is 6. The van der Waals surface area contributed by atoms with Crippen molar-refractivity contribution in [3.05, 3.63) is 169 Å². The number of aromatic nitrogens is 5. The summed E-state index contributed by atoms with van der Waals surface area (Å²) in [4.78, 5) is 10.6. The Labute approximate surface area is 363 Å². The molecule has 0 atom stereocenters. The largest absolute Gasteiger partial charge is 0.507 e. The lowest BCUT2D eigenvalue weighted by atomic mass is 9.78. The second kappa shape index (κ2) is 14.1. The summed E-state index contributed by atoms with van der Waals surface area (Å²) in [6.45, 7) is 19.9. The molecule has 0 unspecified atom stereocenters. The summed E-state index contributed by atoms with van der Waals surface area (Å²) in [5.41, 5.74) is 12.4. The van der Waals surface area contributed by atoms with Crippen molar-refractivity contribution in [1.82, 2.24) is 23.7 Å². The van der Waals surface area contributed by atoms with Gasteiger partial charge in [-0.25, -0.2) is 9.97 Å². The summed E-state index contributed by atoms with van der Waals surface area (Å²) in [6.07, 6.45) is 4.00. The number of hydrogen-bond donors (Lipinski definition) is 1. The van der Waals surface area contributed by atoms with Crippen molar-refractivity contribution in [2.75, 3.05) is 0 Å². The number of aromatic hydroxyl groups is 1. The summed E-state index contributed by atoms with van der Waals surface area (Å²) < 4.78 is 6.82. The van der Waals surface area contributed by atoms with Crippen LogP contribution in [0.3, 0.4) is 0 Å². The molecule has 308 valence electrons. The Bertz CT molecular complexity index is 3310. The molecule has 0 saturated heterocycles. The molecule has 6 aromatic carbocycles. The first-order chi connectivity index (χ1) is 29.6. The minimum absolute atomic E-state index is 0.0710. The molecule has 10 aromatic rings. The van der Waals surface area contributed by atoms with E-state index in [1.165, 1.54) is 5.56 Å². The Balaban J connectivity index is 1.33. The fourth-order valence-electron chi connectivity index (χ4n) is 9.10. The Morgan fingerprint density at radius 1 is 0.500 bits per heavy atom. The number of pyridine rings is 1. The Hall–Kier alpha value is -6.92. The van der Waals surface area contributed by atoms with E-state index < -0.39 is 0 Å². The first-order valence-electron chi connectivity index (χ1n) is 21.6. The van der Waals surface area contributed by atoms with Gasteiger partial charge in [-0.15, -0.1) is 0 Å². The zero-order chi connectivity index (χ0) is 43.3. The van der Waals surface area contributed by atoms with Crippen LogP contribution in [0.5, 0.6) is 5.75 Å². The molecule has 0 fully saturated rings. The van der Waals surface area contributed by atoms with Crippen LogP contribution in [0.2, 0.25) is 0 Å². The van der Waals surface area contributed by atoms with Gasteiger partial charge in [0.15, 0.2) is 0 Å². The fourth-order valence-corrected chi connectivity index (χ4v) is 9.10. The van der Waals surface area contributed by atoms with E-state index in [1.807, 2.05) is 12.3 Å². The molecule has 0 amide bonds. The number of imidazole rings is 1. The molecule has 0 aliphatic heterocycles. The van der Waals surface area contributed by atoms with E-state index in [4.69, 9.17) is 9.97 Å². The monoisotopic (exact) mass is 811 g/mol. The summed E-state index contributed by atoms with van der Waals surface area (Å²) in [5, 5.41) is 16.8. The number of nitrogens with zero attached hydrogens (tertiary/aromatic N) is 5. The van der Waals surface area contributed by atoms with Crippen molar-refractivity contribution in [2.45, 2.75) is 78.6 Å². The maximum Gasteiger partial charge on any atom is 0.220 e. The minimum Gasteiger partial charge on any atom is -0.507 e. The molecule has 0 radical (unpaired) electrons. The number of fused-ring (bicyclic) bond motifs is 6. The predicted octanol–water partition coefficient (Wildman–Crippen LogP) is 14.4. The highest BCUT2D eigenvalue weighted by atomic mass is 16.3. The van der Waals surface area contributed by atoms with Crippen molar-refractivity contribution in [2.24, 2.45) is 0 Å². The lowest BCUT2D eigenvalue weighted by Gasteiger charge is -2.27. The predicted molar refractivity (Wildman–Crippen MR) is 259 cm³/mol. The summed E-state index contributed by atoms with van der Waals surface area (Å²) >= 11 is 0. The molecule has 6 heteroatoms. The molecule has 62 heavy (non-hydrogen) atoms. The van der Waals surface area contributed by atoms with Gasteiger partial charge in [0.1, 0.15) is 11.4 Å². The molecule has 0 aliphatic carbocycles. The zero-order valence-electron chi connectivity index (χ0n) is 37.1. The van der Waals surface area contributed by atoms with Crippen molar-refractivity contribution >= 4 is 43.7 Å². The highest BCUT2D eigenvalue weighted by molar-refractivity contribution is 6.11. The second-order valence-electron chi connectivity index (χ2n) is 19.8. The van der Waals surface area contributed by atoms with E-state index in [-0.39, 0.29) is 22.0 Å². The number of phenols is 1. The van der Waals surface area contributed by atoms with E-state index in [2.05, 4.69) is 216 Å². The van der Waals surface area contributed by atoms with E-state index in [1.54, 1.807) is 0 Å². The van der Waals surface area contributed by atoms with Gasteiger partial charge in [0.25, 0.3) is 0 Å². The van der Waals surface area contributed by atoms with Gasteiger partial charge in [-0.2, -0.15) is 0 Å². The smallest absolute Gasteiger partial charge is 0.220 e. The number of hydrogen-bond acceptors (Lipinski definition) is 3. The van der Waals surface area contributed by atoms with Gasteiger partial charge < -0.3 is 5.11 Å². The van der Waals surface area contributed by atoms with Crippen molar-refractivity contribution in [3.63, 3.8) is 0 Å². The van der Waals surface area contributed by atoms with Crippen LogP contribution in [0.25, 0.3) is 83.4 Å². The third-order valence-corrected chi connectivity index (χ3v) is 12.5. The topological polar surface area (TPSA) is 60.8 Å². The standard InChI is InChI=1S/C56H53N5O/c1-54(2,3)36-25-28-47(43(30-36)35-18-11-10-12-19-35)59-34-46(44-31-37(55(4,5)6)32-45(51(44)62)56(7,8)9)58-53(59)61-49-24-16-13-20-39(49)41-27-26-38(33-50(41)61)60-48-23-15-14-21-40(48)42-22-17-29-57-52(42)60/h10-34,62H,1-9H3. The average Bonchev–Trinajstić information content (AvgIpc) is 3.92. The molecule has 4 heterocycles. The maximum atomic E-state index is 12.3. The number of rotatable bonds is 5. The molecule has 0 spiro atoms. The fraction of sp³-hybridized carbons (Fsp3) is 0.214. The van der Waals surface area contributed by atoms with Crippen molar-refractivity contribution in [1.29, 1.82) is 0 Å². The van der Waals surface area contributed by atoms with Crippen LogP contribution in [-0.4, -0.2) is 28.8 Å². The molecular weight excluding hydrogens is 759 g/mol. The quantitative estimate of drug-likeness (QED) is 0.188. The second-order valence-corrected chi connectivity index (χ2v) is 19.8. The summed E-state index contributed by atoms with van der Waals surface area (Å²) in [5.74, 6) is 0.985. The number of phenolic OH excluding ortho intramolecular Hbond substituents is 1.